The van der Waals surface area contributed by atoms with E-state index in [-0.39, 0.29) is 5.56 Å². The SMILES string of the molecule is COCCOc1ccc(C(O)C(F)(F)C(=O)O)cc1. The molecule has 0 spiro atoms. The van der Waals surface area contributed by atoms with Gasteiger partial charge in [0.25, 0.3) is 0 Å². The van der Waals surface area contributed by atoms with Crippen molar-refractivity contribution in [3.05, 3.63) is 29.8 Å². The molecule has 0 aliphatic rings. The van der Waals surface area contributed by atoms with E-state index >= 15 is 0 Å². The highest BCUT2D eigenvalue weighted by molar-refractivity contribution is 5.76. The third-order valence-electron chi connectivity index (χ3n) is 2.38. The maximum atomic E-state index is 13.1. The number of benzene rings is 1. The van der Waals surface area contributed by atoms with E-state index in [0.29, 0.717) is 19.0 Å². The number of rotatable bonds is 7. The Balaban J connectivity index is 2.73. The number of halogens is 2. The lowest BCUT2D eigenvalue weighted by Gasteiger charge is -2.18. The Morgan fingerprint density at radius 3 is 2.37 bits per heavy atom. The molecule has 2 N–H and O–H groups in total. The Hall–Kier alpha value is -1.73. The molecule has 1 aromatic rings. The van der Waals surface area contributed by atoms with Crippen molar-refractivity contribution in [2.24, 2.45) is 0 Å². The highest BCUT2D eigenvalue weighted by Gasteiger charge is 2.47. The second-order valence-corrected chi connectivity index (χ2v) is 3.74. The van der Waals surface area contributed by atoms with Gasteiger partial charge in [0.1, 0.15) is 12.4 Å². The number of carboxylic acid groups (broad SMARTS) is 1. The first-order valence-corrected chi connectivity index (χ1v) is 5.40. The summed E-state index contributed by atoms with van der Waals surface area (Å²) in [5.74, 6) is -6.20. The van der Waals surface area contributed by atoms with Crippen LogP contribution in [0.3, 0.4) is 0 Å². The molecule has 0 amide bonds. The molecule has 1 aromatic carbocycles. The van der Waals surface area contributed by atoms with Crippen LogP contribution in [0, 0.1) is 0 Å². The number of aliphatic hydroxyl groups excluding tert-OH is 1. The highest BCUT2D eigenvalue weighted by atomic mass is 19.3. The molecule has 0 saturated carbocycles. The number of ether oxygens (including phenoxy) is 2. The van der Waals surface area contributed by atoms with Crippen LogP contribution in [0.2, 0.25) is 0 Å². The van der Waals surface area contributed by atoms with Crippen molar-refractivity contribution in [3.8, 4) is 5.75 Å². The van der Waals surface area contributed by atoms with Crippen LogP contribution >= 0.6 is 0 Å². The van der Waals surface area contributed by atoms with Crippen molar-refractivity contribution >= 4 is 5.97 Å². The molecule has 0 aliphatic carbocycles. The minimum Gasteiger partial charge on any atom is -0.491 e. The van der Waals surface area contributed by atoms with Gasteiger partial charge in [-0.05, 0) is 17.7 Å². The van der Waals surface area contributed by atoms with Crippen LogP contribution in [0.1, 0.15) is 11.7 Å². The average molecular weight is 276 g/mol. The van der Waals surface area contributed by atoms with Crippen LogP contribution in [0.15, 0.2) is 24.3 Å². The van der Waals surface area contributed by atoms with Crippen molar-refractivity contribution in [2.75, 3.05) is 20.3 Å². The molecular formula is C12H14F2O5. The number of aliphatic carboxylic acids is 1. The quantitative estimate of drug-likeness (QED) is 0.737. The zero-order valence-electron chi connectivity index (χ0n) is 10.2. The zero-order valence-corrected chi connectivity index (χ0v) is 10.2. The van der Waals surface area contributed by atoms with Gasteiger partial charge >= 0.3 is 11.9 Å². The Bertz CT molecular complexity index is 419. The van der Waals surface area contributed by atoms with Gasteiger partial charge in [-0.3, -0.25) is 0 Å². The van der Waals surface area contributed by atoms with Crippen LogP contribution in [0.4, 0.5) is 8.78 Å². The predicted molar refractivity (Wildman–Crippen MR) is 61.4 cm³/mol. The van der Waals surface area contributed by atoms with E-state index in [1.54, 1.807) is 0 Å². The molecule has 0 aliphatic heterocycles. The van der Waals surface area contributed by atoms with E-state index in [4.69, 9.17) is 14.6 Å². The van der Waals surface area contributed by atoms with E-state index < -0.39 is 18.0 Å². The lowest BCUT2D eigenvalue weighted by atomic mass is 10.0. The molecule has 19 heavy (non-hydrogen) atoms. The number of carbonyl (C=O) groups is 1. The summed E-state index contributed by atoms with van der Waals surface area (Å²) in [6.45, 7) is 0.672. The normalized spacial score (nSPS) is 13.1. The van der Waals surface area contributed by atoms with Crippen LogP contribution in [-0.4, -0.2) is 42.4 Å². The van der Waals surface area contributed by atoms with Gasteiger partial charge in [0.2, 0.25) is 0 Å². The summed E-state index contributed by atoms with van der Waals surface area (Å²) >= 11 is 0. The van der Waals surface area contributed by atoms with Gasteiger partial charge in [-0.25, -0.2) is 4.79 Å². The first kappa shape index (κ1) is 15.3. The Kier molecular flexibility index (Phi) is 5.20. The van der Waals surface area contributed by atoms with Gasteiger partial charge < -0.3 is 19.7 Å². The summed E-state index contributed by atoms with van der Waals surface area (Å²) in [7, 11) is 1.51. The minimum atomic E-state index is -4.24. The van der Waals surface area contributed by atoms with Gasteiger partial charge in [0.05, 0.1) is 6.61 Å². The molecule has 0 aromatic heterocycles. The Labute approximate surface area is 108 Å². The van der Waals surface area contributed by atoms with E-state index in [9.17, 15) is 18.7 Å². The fourth-order valence-corrected chi connectivity index (χ4v) is 1.32. The maximum absolute atomic E-state index is 13.1. The first-order valence-electron chi connectivity index (χ1n) is 5.40. The number of carboxylic acids is 1. The van der Waals surface area contributed by atoms with Crippen molar-refractivity contribution < 1.29 is 33.3 Å². The second-order valence-electron chi connectivity index (χ2n) is 3.74. The highest BCUT2D eigenvalue weighted by Crippen LogP contribution is 2.32. The Morgan fingerprint density at radius 1 is 1.32 bits per heavy atom. The number of aliphatic hydroxyl groups is 1. The second kappa shape index (κ2) is 6.44. The van der Waals surface area contributed by atoms with Crippen LogP contribution in [0.25, 0.3) is 0 Å². The van der Waals surface area contributed by atoms with Crippen molar-refractivity contribution in [1.82, 2.24) is 0 Å². The van der Waals surface area contributed by atoms with E-state index in [2.05, 4.69) is 0 Å². The largest absolute Gasteiger partial charge is 0.491 e. The zero-order chi connectivity index (χ0) is 14.5. The number of hydrogen-bond donors (Lipinski definition) is 2. The Morgan fingerprint density at radius 2 is 1.89 bits per heavy atom. The summed E-state index contributed by atoms with van der Waals surface area (Å²) in [6, 6.07) is 5.10. The summed E-state index contributed by atoms with van der Waals surface area (Å²) in [5, 5.41) is 17.7. The monoisotopic (exact) mass is 276 g/mol. The van der Waals surface area contributed by atoms with Crippen LogP contribution in [0.5, 0.6) is 5.75 Å². The first-order chi connectivity index (χ1) is 8.89. The van der Waals surface area contributed by atoms with Gasteiger partial charge in [-0.15, -0.1) is 0 Å². The van der Waals surface area contributed by atoms with Crippen molar-refractivity contribution in [2.45, 2.75) is 12.0 Å². The molecule has 0 radical (unpaired) electrons. The van der Waals surface area contributed by atoms with Gasteiger partial charge in [0.15, 0.2) is 6.10 Å². The van der Waals surface area contributed by atoms with E-state index in [0.717, 1.165) is 0 Å². The molecule has 0 bridgehead atoms. The fraction of sp³-hybridized carbons (Fsp3) is 0.417. The fourth-order valence-electron chi connectivity index (χ4n) is 1.32. The average Bonchev–Trinajstić information content (AvgIpc) is 2.39. The lowest BCUT2D eigenvalue weighted by Crippen LogP contribution is -2.35. The molecule has 0 fully saturated rings. The standard InChI is InChI=1S/C12H14F2O5/c1-18-6-7-19-9-4-2-8(3-5-9)10(15)12(13,14)11(16)17/h2-5,10,15H,6-7H2,1H3,(H,16,17). The molecule has 1 unspecified atom stereocenters. The predicted octanol–water partition coefficient (Wildman–Crippen LogP) is 1.47. The third-order valence-corrected chi connectivity index (χ3v) is 2.38. The molecule has 7 heteroatoms. The smallest absolute Gasteiger partial charge is 0.377 e. The van der Waals surface area contributed by atoms with Gasteiger partial charge in [-0.2, -0.15) is 8.78 Å². The summed E-state index contributed by atoms with van der Waals surface area (Å²) in [6.07, 6.45) is -2.40. The van der Waals surface area contributed by atoms with Gasteiger partial charge in [-0.1, -0.05) is 12.1 Å². The molecule has 1 rings (SSSR count). The summed E-state index contributed by atoms with van der Waals surface area (Å²) < 4.78 is 36.1. The molecule has 0 saturated heterocycles. The number of hydrogen-bond acceptors (Lipinski definition) is 4. The number of alkyl halides is 2. The van der Waals surface area contributed by atoms with Crippen molar-refractivity contribution in [3.63, 3.8) is 0 Å². The van der Waals surface area contributed by atoms with E-state index in [1.165, 1.54) is 31.4 Å². The third kappa shape index (κ3) is 3.87. The van der Waals surface area contributed by atoms with Crippen LogP contribution in [-0.2, 0) is 9.53 Å². The summed E-state index contributed by atoms with van der Waals surface area (Å²) in [5.41, 5.74) is -0.202. The molecule has 5 nitrogen and oxygen atoms in total. The maximum Gasteiger partial charge on any atom is 0.377 e. The summed E-state index contributed by atoms with van der Waals surface area (Å²) in [4.78, 5) is 10.3. The molecule has 106 valence electrons. The van der Waals surface area contributed by atoms with Crippen molar-refractivity contribution in [1.29, 1.82) is 0 Å². The molecule has 0 heterocycles. The van der Waals surface area contributed by atoms with Gasteiger partial charge in [0, 0.05) is 7.11 Å². The van der Waals surface area contributed by atoms with E-state index in [1.807, 2.05) is 0 Å². The number of methoxy groups -OCH3 is 1. The minimum absolute atomic E-state index is 0.202. The molecular weight excluding hydrogens is 262 g/mol. The molecule has 1 atom stereocenters. The lowest BCUT2D eigenvalue weighted by molar-refractivity contribution is -0.182. The topological polar surface area (TPSA) is 76.0 Å². The van der Waals surface area contributed by atoms with Crippen LogP contribution < -0.4 is 4.74 Å².